The number of methoxy groups -OCH3 is 2. The van der Waals surface area contributed by atoms with Crippen LogP contribution < -0.4 is 9.47 Å². The van der Waals surface area contributed by atoms with Gasteiger partial charge in [0.2, 0.25) is 5.16 Å². The highest BCUT2D eigenvalue weighted by atomic mass is 35.5. The standard InChI is InChI=1S/C23H22ClN3O5S2/c1-14-12-25-20(15(2)22(14)32-4)13-33(28)23-26-19-10-7-17(31-3)11-21(19)27(23)34(29,30)18-8-5-16(24)6-9-18/h5-12H,13H2,1-4H3. The molecule has 1 unspecified atom stereocenters. The number of nitrogens with zero attached hydrogens (tertiary/aromatic N) is 3. The topological polar surface area (TPSA) is 100 Å². The predicted molar refractivity (Wildman–Crippen MR) is 131 cm³/mol. The summed E-state index contributed by atoms with van der Waals surface area (Å²) >= 11 is 5.95. The number of halogens is 1. The van der Waals surface area contributed by atoms with Crippen molar-refractivity contribution in [2.24, 2.45) is 0 Å². The van der Waals surface area contributed by atoms with Crippen molar-refractivity contribution < 1.29 is 22.1 Å². The van der Waals surface area contributed by atoms with E-state index in [1.807, 2.05) is 13.8 Å². The third-order valence-corrected chi connectivity index (χ3v) is 8.67. The fourth-order valence-electron chi connectivity index (χ4n) is 3.63. The van der Waals surface area contributed by atoms with Gasteiger partial charge < -0.3 is 9.47 Å². The number of hydrogen-bond donors (Lipinski definition) is 0. The predicted octanol–water partition coefficient (Wildman–Crippen LogP) is 4.26. The maximum absolute atomic E-state index is 13.7. The minimum atomic E-state index is -4.16. The van der Waals surface area contributed by atoms with Crippen LogP contribution in [0.5, 0.6) is 11.5 Å². The van der Waals surface area contributed by atoms with Crippen LogP contribution in [0.15, 0.2) is 58.7 Å². The molecule has 0 fully saturated rings. The summed E-state index contributed by atoms with van der Waals surface area (Å²) < 4.78 is 52.6. The molecule has 0 saturated heterocycles. The Morgan fingerprint density at radius 1 is 1.06 bits per heavy atom. The summed E-state index contributed by atoms with van der Waals surface area (Å²) in [7, 11) is -2.97. The SMILES string of the molecule is COc1ccc2nc(S(=O)Cc3ncc(C)c(OC)c3C)n(S(=O)(=O)c3ccc(Cl)cc3)c2c1. The zero-order valence-electron chi connectivity index (χ0n) is 18.9. The molecule has 2 heterocycles. The molecular formula is C23H22ClN3O5S2. The van der Waals surface area contributed by atoms with Crippen LogP contribution in [0.2, 0.25) is 5.02 Å². The number of fused-ring (bicyclic) bond motifs is 1. The van der Waals surface area contributed by atoms with Crippen molar-refractivity contribution >= 4 is 43.5 Å². The van der Waals surface area contributed by atoms with E-state index in [1.165, 1.54) is 31.4 Å². The van der Waals surface area contributed by atoms with Gasteiger partial charge in [-0.15, -0.1) is 0 Å². The maximum atomic E-state index is 13.7. The lowest BCUT2D eigenvalue weighted by atomic mass is 10.1. The van der Waals surface area contributed by atoms with Gasteiger partial charge in [0.1, 0.15) is 11.5 Å². The highest BCUT2D eigenvalue weighted by molar-refractivity contribution is 7.91. The Morgan fingerprint density at radius 2 is 1.76 bits per heavy atom. The first-order valence-corrected chi connectivity index (χ1v) is 13.3. The minimum Gasteiger partial charge on any atom is -0.497 e. The first kappa shape index (κ1) is 24.2. The van der Waals surface area contributed by atoms with Gasteiger partial charge in [-0.1, -0.05) is 11.6 Å². The van der Waals surface area contributed by atoms with E-state index >= 15 is 0 Å². The van der Waals surface area contributed by atoms with Crippen LogP contribution in [0, 0.1) is 13.8 Å². The average Bonchev–Trinajstić information content (AvgIpc) is 3.21. The molecule has 11 heteroatoms. The van der Waals surface area contributed by atoms with Crippen LogP contribution in [0.3, 0.4) is 0 Å². The number of pyridine rings is 1. The average molecular weight is 520 g/mol. The Kier molecular flexibility index (Phi) is 6.66. The second-order valence-electron chi connectivity index (χ2n) is 7.51. The fourth-order valence-corrected chi connectivity index (χ4v) is 6.80. The molecule has 1 atom stereocenters. The minimum absolute atomic E-state index is 0.0106. The Bertz CT molecular complexity index is 1520. The second-order valence-corrected chi connectivity index (χ2v) is 11.1. The number of aryl methyl sites for hydroxylation is 1. The normalized spacial score (nSPS) is 12.6. The zero-order valence-corrected chi connectivity index (χ0v) is 21.3. The molecule has 4 aromatic rings. The van der Waals surface area contributed by atoms with Crippen LogP contribution >= 0.6 is 11.6 Å². The van der Waals surface area contributed by atoms with Gasteiger partial charge in [0.15, 0.2) is 0 Å². The summed E-state index contributed by atoms with van der Waals surface area (Å²) in [5.74, 6) is 1.05. The number of benzene rings is 2. The monoisotopic (exact) mass is 519 g/mol. The quantitative estimate of drug-likeness (QED) is 0.359. The third kappa shape index (κ3) is 4.28. The van der Waals surface area contributed by atoms with Crippen LogP contribution in [0.1, 0.15) is 16.8 Å². The van der Waals surface area contributed by atoms with E-state index in [4.69, 9.17) is 21.1 Å². The lowest BCUT2D eigenvalue weighted by Gasteiger charge is -2.13. The Labute approximate surface area is 205 Å². The molecule has 8 nitrogen and oxygen atoms in total. The van der Waals surface area contributed by atoms with Crippen LogP contribution in [0.25, 0.3) is 11.0 Å². The molecule has 0 amide bonds. The van der Waals surface area contributed by atoms with Crippen molar-refractivity contribution in [1.82, 2.24) is 13.9 Å². The lowest BCUT2D eigenvalue weighted by Crippen LogP contribution is -2.18. The molecule has 0 aliphatic heterocycles. The molecule has 4 rings (SSSR count). The summed E-state index contributed by atoms with van der Waals surface area (Å²) in [5.41, 5.74) is 2.73. The molecule has 2 aromatic heterocycles. The van der Waals surface area contributed by atoms with E-state index in [9.17, 15) is 12.6 Å². The molecular weight excluding hydrogens is 498 g/mol. The number of ether oxygens (including phenoxy) is 2. The molecule has 2 aromatic carbocycles. The van der Waals surface area contributed by atoms with Gasteiger partial charge in [0.05, 0.1) is 52.4 Å². The van der Waals surface area contributed by atoms with Gasteiger partial charge >= 0.3 is 0 Å². The van der Waals surface area contributed by atoms with Gasteiger partial charge in [-0.2, -0.15) is 0 Å². The van der Waals surface area contributed by atoms with E-state index in [2.05, 4.69) is 9.97 Å². The third-order valence-electron chi connectivity index (χ3n) is 5.36. The second kappa shape index (κ2) is 9.36. The number of imidazole rings is 1. The van der Waals surface area contributed by atoms with Crippen LogP contribution in [-0.4, -0.2) is 40.8 Å². The molecule has 0 aliphatic rings. The van der Waals surface area contributed by atoms with E-state index in [1.54, 1.807) is 31.5 Å². The van der Waals surface area contributed by atoms with Crippen molar-refractivity contribution in [3.05, 3.63) is 70.5 Å². The first-order chi connectivity index (χ1) is 16.2. The van der Waals surface area contributed by atoms with E-state index in [0.717, 1.165) is 15.1 Å². The molecule has 0 saturated carbocycles. The summed E-state index contributed by atoms with van der Waals surface area (Å²) in [6, 6.07) is 10.6. The van der Waals surface area contributed by atoms with Gasteiger partial charge in [0, 0.05) is 28.4 Å². The number of rotatable bonds is 7. The first-order valence-electron chi connectivity index (χ1n) is 10.1. The van der Waals surface area contributed by atoms with Gasteiger partial charge in [-0.05, 0) is 50.2 Å². The number of hydrogen-bond acceptors (Lipinski definition) is 7. The number of aromatic nitrogens is 3. The van der Waals surface area contributed by atoms with Crippen molar-refractivity contribution in [1.29, 1.82) is 0 Å². The Hall–Kier alpha value is -2.95. The summed E-state index contributed by atoms with van der Waals surface area (Å²) in [6.07, 6.45) is 1.64. The molecule has 34 heavy (non-hydrogen) atoms. The highest BCUT2D eigenvalue weighted by Crippen LogP contribution is 2.30. The van der Waals surface area contributed by atoms with E-state index in [0.29, 0.717) is 27.7 Å². The van der Waals surface area contributed by atoms with Crippen molar-refractivity contribution in [2.75, 3.05) is 14.2 Å². The van der Waals surface area contributed by atoms with Crippen molar-refractivity contribution in [2.45, 2.75) is 29.7 Å². The van der Waals surface area contributed by atoms with Crippen molar-refractivity contribution in [3.8, 4) is 11.5 Å². The van der Waals surface area contributed by atoms with Crippen molar-refractivity contribution in [3.63, 3.8) is 0 Å². The van der Waals surface area contributed by atoms with Crippen LogP contribution in [0.4, 0.5) is 0 Å². The van der Waals surface area contributed by atoms with Gasteiger partial charge in [-0.3, -0.25) is 9.19 Å². The molecule has 0 aliphatic carbocycles. The van der Waals surface area contributed by atoms with Crippen LogP contribution in [-0.2, 0) is 26.6 Å². The zero-order chi connectivity index (χ0) is 24.6. The molecule has 0 N–H and O–H groups in total. The molecule has 0 radical (unpaired) electrons. The maximum Gasteiger partial charge on any atom is 0.270 e. The molecule has 0 spiro atoms. The molecule has 0 bridgehead atoms. The van der Waals surface area contributed by atoms with E-state index in [-0.39, 0.29) is 21.3 Å². The summed E-state index contributed by atoms with van der Waals surface area (Å²) in [4.78, 5) is 8.81. The largest absolute Gasteiger partial charge is 0.497 e. The lowest BCUT2D eigenvalue weighted by molar-refractivity contribution is 0.407. The van der Waals surface area contributed by atoms with Gasteiger partial charge in [-0.25, -0.2) is 17.4 Å². The fraction of sp³-hybridized carbons (Fsp3) is 0.217. The van der Waals surface area contributed by atoms with E-state index < -0.39 is 20.8 Å². The Balaban J connectivity index is 1.89. The highest BCUT2D eigenvalue weighted by Gasteiger charge is 2.28. The van der Waals surface area contributed by atoms with Gasteiger partial charge in [0.25, 0.3) is 10.0 Å². The summed E-state index contributed by atoms with van der Waals surface area (Å²) in [6.45, 7) is 3.69. The molecule has 178 valence electrons. The summed E-state index contributed by atoms with van der Waals surface area (Å²) in [5, 5.41) is 0.286. The smallest absolute Gasteiger partial charge is 0.270 e. The Morgan fingerprint density at radius 3 is 2.41 bits per heavy atom.